The minimum Gasteiger partial charge on any atom is -0.389 e. The fraction of sp³-hybridized carbons (Fsp3) is 0.562. The van der Waals surface area contributed by atoms with Crippen molar-refractivity contribution in [1.29, 1.82) is 0 Å². The van der Waals surface area contributed by atoms with Crippen LogP contribution in [-0.4, -0.2) is 47.0 Å². The zero-order valence-corrected chi connectivity index (χ0v) is 13.0. The van der Waals surface area contributed by atoms with Crippen molar-refractivity contribution in [2.24, 2.45) is 5.73 Å². The van der Waals surface area contributed by atoms with Crippen LogP contribution >= 0.6 is 12.2 Å². The Hall–Kier alpha value is -1.04. The molecule has 0 radical (unpaired) electrons. The van der Waals surface area contributed by atoms with E-state index in [4.69, 9.17) is 18.0 Å². The number of halogens is 1. The highest BCUT2D eigenvalue weighted by Crippen LogP contribution is 2.22. The summed E-state index contributed by atoms with van der Waals surface area (Å²) in [6.07, 6.45) is 3.83. The minimum absolute atomic E-state index is 0.132. The molecule has 5 heteroatoms. The van der Waals surface area contributed by atoms with Crippen LogP contribution in [0, 0.1) is 5.82 Å². The molecule has 2 N–H and O–H groups in total. The lowest BCUT2D eigenvalue weighted by Crippen LogP contribution is -2.36. The summed E-state index contributed by atoms with van der Waals surface area (Å²) in [5, 5.41) is 0. The number of nitrogens with zero attached hydrogens (tertiary/aromatic N) is 2. The average molecular weight is 307 g/mol. The topological polar surface area (TPSA) is 32.5 Å². The number of hydrogen-bond acceptors (Lipinski definition) is 3. The first-order valence-electron chi connectivity index (χ1n) is 7.68. The van der Waals surface area contributed by atoms with Gasteiger partial charge >= 0.3 is 0 Å². The van der Waals surface area contributed by atoms with E-state index in [1.54, 1.807) is 6.07 Å². The molecule has 0 aliphatic carbocycles. The highest BCUT2D eigenvalue weighted by molar-refractivity contribution is 7.80. The molecule has 1 atom stereocenters. The second-order valence-corrected chi connectivity index (χ2v) is 6.54. The predicted molar refractivity (Wildman–Crippen MR) is 86.8 cm³/mol. The molecule has 2 fully saturated rings. The molecule has 0 aromatic heterocycles. The largest absolute Gasteiger partial charge is 0.389 e. The van der Waals surface area contributed by atoms with Crippen LogP contribution in [0.2, 0.25) is 0 Å². The monoisotopic (exact) mass is 307 g/mol. The molecule has 1 aromatic carbocycles. The van der Waals surface area contributed by atoms with Gasteiger partial charge in [-0.25, -0.2) is 4.39 Å². The van der Waals surface area contributed by atoms with Gasteiger partial charge in [-0.15, -0.1) is 0 Å². The maximum atomic E-state index is 13.7. The van der Waals surface area contributed by atoms with Gasteiger partial charge in [-0.1, -0.05) is 18.3 Å². The van der Waals surface area contributed by atoms with Crippen LogP contribution in [0.4, 0.5) is 4.39 Å². The number of hydrogen-bond donors (Lipinski definition) is 1. The van der Waals surface area contributed by atoms with E-state index in [0.29, 0.717) is 11.6 Å². The van der Waals surface area contributed by atoms with Gasteiger partial charge in [-0.2, -0.15) is 0 Å². The number of nitrogens with two attached hydrogens (primary N) is 1. The van der Waals surface area contributed by atoms with Gasteiger partial charge in [-0.05, 0) is 56.6 Å². The molecule has 3 rings (SSSR count). The maximum Gasteiger partial charge on any atom is 0.133 e. The summed E-state index contributed by atoms with van der Waals surface area (Å²) in [4.78, 5) is 5.23. The zero-order valence-electron chi connectivity index (χ0n) is 12.2. The first-order chi connectivity index (χ1) is 10.1. The van der Waals surface area contributed by atoms with Crippen LogP contribution in [0.25, 0.3) is 0 Å². The molecule has 114 valence electrons. The molecule has 21 heavy (non-hydrogen) atoms. The van der Waals surface area contributed by atoms with E-state index in [2.05, 4.69) is 9.80 Å². The Morgan fingerprint density at radius 1 is 1.29 bits per heavy atom. The molecule has 1 aromatic rings. The lowest BCUT2D eigenvalue weighted by molar-refractivity contribution is 0.215. The van der Waals surface area contributed by atoms with Gasteiger partial charge in [-0.3, -0.25) is 9.80 Å². The molecular weight excluding hydrogens is 285 g/mol. The van der Waals surface area contributed by atoms with Crippen molar-refractivity contribution in [3.8, 4) is 0 Å². The van der Waals surface area contributed by atoms with Crippen molar-refractivity contribution in [3.63, 3.8) is 0 Å². The van der Waals surface area contributed by atoms with E-state index in [-0.39, 0.29) is 10.8 Å². The van der Waals surface area contributed by atoms with E-state index in [0.717, 1.165) is 25.2 Å². The van der Waals surface area contributed by atoms with E-state index >= 15 is 0 Å². The van der Waals surface area contributed by atoms with Crippen LogP contribution < -0.4 is 5.73 Å². The highest BCUT2D eigenvalue weighted by atomic mass is 32.1. The zero-order chi connectivity index (χ0) is 14.8. The summed E-state index contributed by atoms with van der Waals surface area (Å²) in [5.41, 5.74) is 7.03. The normalized spacial score (nSPS) is 23.8. The predicted octanol–water partition coefficient (Wildman–Crippen LogP) is 2.13. The lowest BCUT2D eigenvalue weighted by Gasteiger charge is -2.25. The van der Waals surface area contributed by atoms with Gasteiger partial charge in [0.2, 0.25) is 0 Å². The summed E-state index contributed by atoms with van der Waals surface area (Å²) in [7, 11) is 0. The van der Waals surface area contributed by atoms with Gasteiger partial charge in [0.05, 0.1) is 0 Å². The lowest BCUT2D eigenvalue weighted by atomic mass is 10.1. The second kappa shape index (κ2) is 6.38. The maximum absolute atomic E-state index is 13.7. The quantitative estimate of drug-likeness (QED) is 0.867. The Bertz CT molecular complexity index is 534. The molecule has 2 aliphatic rings. The number of fused-ring (bicyclic) bond motifs is 1. The Morgan fingerprint density at radius 2 is 2.10 bits per heavy atom. The van der Waals surface area contributed by atoms with Gasteiger partial charge in [0.1, 0.15) is 10.8 Å². The Balaban J connectivity index is 1.71. The second-order valence-electron chi connectivity index (χ2n) is 6.10. The first-order valence-corrected chi connectivity index (χ1v) is 8.09. The third kappa shape index (κ3) is 3.42. The molecular formula is C16H22FN3S. The minimum atomic E-state index is -0.330. The molecule has 0 bridgehead atoms. The van der Waals surface area contributed by atoms with E-state index in [1.165, 1.54) is 38.4 Å². The average Bonchev–Trinajstić information content (AvgIpc) is 2.79. The van der Waals surface area contributed by atoms with Crippen molar-refractivity contribution in [1.82, 2.24) is 9.80 Å². The van der Waals surface area contributed by atoms with Gasteiger partial charge in [0.15, 0.2) is 0 Å². The standard InChI is InChI=1S/C16H22FN3S/c17-15-5-4-12(9-14(15)16(18)21)10-19-6-2-8-20-7-1-3-13(20)11-19/h4-5,9,13H,1-3,6-8,10-11H2,(H2,18,21). The third-order valence-corrected chi connectivity index (χ3v) is 4.81. The van der Waals surface area contributed by atoms with Crippen molar-refractivity contribution >= 4 is 17.2 Å². The molecule has 0 saturated carbocycles. The van der Waals surface area contributed by atoms with Crippen molar-refractivity contribution in [2.75, 3.05) is 26.2 Å². The first kappa shape index (κ1) is 14.9. The smallest absolute Gasteiger partial charge is 0.133 e. The van der Waals surface area contributed by atoms with E-state index < -0.39 is 0 Å². The summed E-state index contributed by atoms with van der Waals surface area (Å²) < 4.78 is 13.7. The number of benzene rings is 1. The fourth-order valence-corrected chi connectivity index (χ4v) is 3.70. The van der Waals surface area contributed by atoms with Crippen LogP contribution in [0.15, 0.2) is 18.2 Å². The van der Waals surface area contributed by atoms with E-state index in [9.17, 15) is 4.39 Å². The molecule has 1 unspecified atom stereocenters. The number of thiocarbonyl (C=S) groups is 1. The molecule has 0 spiro atoms. The molecule has 2 aliphatic heterocycles. The number of rotatable bonds is 3. The SMILES string of the molecule is NC(=S)c1cc(CN2CCCN3CCCC3C2)ccc1F. The van der Waals surface area contributed by atoms with E-state index in [1.807, 2.05) is 6.07 Å². The summed E-state index contributed by atoms with van der Waals surface area (Å²) in [6.45, 7) is 5.52. The van der Waals surface area contributed by atoms with Crippen LogP contribution in [0.5, 0.6) is 0 Å². The van der Waals surface area contributed by atoms with Gasteiger partial charge in [0, 0.05) is 24.7 Å². The van der Waals surface area contributed by atoms with Gasteiger partial charge in [0.25, 0.3) is 0 Å². The van der Waals surface area contributed by atoms with Crippen LogP contribution in [0.3, 0.4) is 0 Å². The van der Waals surface area contributed by atoms with Crippen molar-refractivity contribution in [2.45, 2.75) is 31.8 Å². The molecule has 2 saturated heterocycles. The Morgan fingerprint density at radius 3 is 2.90 bits per heavy atom. The summed E-state index contributed by atoms with van der Waals surface area (Å²) in [6, 6.07) is 5.82. The molecule has 0 amide bonds. The van der Waals surface area contributed by atoms with Crippen LogP contribution in [-0.2, 0) is 6.54 Å². The van der Waals surface area contributed by atoms with Crippen molar-refractivity contribution in [3.05, 3.63) is 35.1 Å². The van der Waals surface area contributed by atoms with Crippen molar-refractivity contribution < 1.29 is 4.39 Å². The summed E-state index contributed by atoms with van der Waals surface area (Å²) in [5.74, 6) is -0.330. The summed E-state index contributed by atoms with van der Waals surface area (Å²) >= 11 is 4.91. The molecule has 3 nitrogen and oxygen atoms in total. The Labute approximate surface area is 130 Å². The third-order valence-electron chi connectivity index (χ3n) is 4.59. The fourth-order valence-electron chi connectivity index (χ4n) is 3.54. The highest BCUT2D eigenvalue weighted by Gasteiger charge is 2.28. The Kier molecular flexibility index (Phi) is 4.52. The molecule has 2 heterocycles. The van der Waals surface area contributed by atoms with Crippen LogP contribution in [0.1, 0.15) is 30.4 Å². The van der Waals surface area contributed by atoms with Gasteiger partial charge < -0.3 is 5.73 Å².